The third-order valence-electron chi connectivity index (χ3n) is 2.35. The number of anilines is 1. The molecule has 0 saturated heterocycles. The van der Waals surface area contributed by atoms with E-state index in [0.29, 0.717) is 10.6 Å². The Balaban J connectivity index is 2.46. The number of rotatable bonds is 4. The Kier molecular flexibility index (Phi) is 3.76. The molecule has 10 heteroatoms. The smallest absolute Gasteiger partial charge is 0.265 e. The van der Waals surface area contributed by atoms with Crippen molar-refractivity contribution in [2.24, 2.45) is 5.73 Å². The number of halogens is 1. The monoisotopic (exact) mass is 335 g/mol. The Bertz CT molecular complexity index is 779. The zero-order valence-corrected chi connectivity index (χ0v) is 12.8. The number of nitrogens with two attached hydrogens (primary N) is 1. The average molecular weight is 336 g/mol. The fraction of sp³-hybridized carbons (Fsp3) is 0.200. The first-order chi connectivity index (χ1) is 9.22. The van der Waals surface area contributed by atoms with Crippen LogP contribution in [0.1, 0.15) is 20.2 Å². The fourth-order valence-electron chi connectivity index (χ4n) is 1.46. The second-order valence-electron chi connectivity index (χ2n) is 3.93. The van der Waals surface area contributed by atoms with Gasteiger partial charge in [0.05, 0.1) is 0 Å². The minimum atomic E-state index is -4.04. The van der Waals surface area contributed by atoms with Gasteiger partial charge in [-0.1, -0.05) is 16.8 Å². The lowest BCUT2D eigenvalue weighted by Crippen LogP contribution is -2.18. The molecule has 0 aliphatic carbocycles. The summed E-state index contributed by atoms with van der Waals surface area (Å²) < 4.78 is 31.4. The first-order valence-electron chi connectivity index (χ1n) is 5.27. The summed E-state index contributed by atoms with van der Waals surface area (Å²) in [6, 6.07) is 1.35. The lowest BCUT2D eigenvalue weighted by atomic mass is 10.4. The highest BCUT2D eigenvalue weighted by molar-refractivity contribution is 7.93. The molecule has 0 atom stereocenters. The van der Waals surface area contributed by atoms with E-state index in [4.69, 9.17) is 21.9 Å². The Labute approximate surface area is 123 Å². The molecule has 0 radical (unpaired) electrons. The van der Waals surface area contributed by atoms with E-state index >= 15 is 0 Å². The lowest BCUT2D eigenvalue weighted by Gasteiger charge is -2.04. The second-order valence-corrected chi connectivity index (χ2v) is 7.22. The number of amides is 1. The van der Waals surface area contributed by atoms with Crippen molar-refractivity contribution in [3.05, 3.63) is 26.5 Å². The van der Waals surface area contributed by atoms with Crippen LogP contribution in [-0.4, -0.2) is 19.5 Å². The average Bonchev–Trinajstić information content (AvgIpc) is 2.88. The number of aromatic nitrogens is 1. The van der Waals surface area contributed by atoms with Crippen LogP contribution in [0.3, 0.4) is 0 Å². The molecule has 0 aromatic carbocycles. The number of nitrogens with zero attached hydrogens (tertiary/aromatic N) is 1. The molecule has 0 aliphatic heterocycles. The number of primary amides is 1. The van der Waals surface area contributed by atoms with Crippen LogP contribution < -0.4 is 10.5 Å². The SMILES string of the molecule is Cc1cc(S(=O)(=O)Nc2onc(C)c2Cl)c(C(N)=O)s1. The Hall–Kier alpha value is -1.58. The van der Waals surface area contributed by atoms with Gasteiger partial charge in [0.2, 0.25) is 0 Å². The minimum Gasteiger partial charge on any atom is -0.365 e. The molecule has 2 heterocycles. The van der Waals surface area contributed by atoms with Gasteiger partial charge >= 0.3 is 0 Å². The molecule has 3 N–H and O–H groups in total. The van der Waals surface area contributed by atoms with Gasteiger partial charge in [-0.25, -0.2) is 13.1 Å². The van der Waals surface area contributed by atoms with Crippen molar-refractivity contribution in [3.63, 3.8) is 0 Å². The number of carbonyl (C=O) groups is 1. The van der Waals surface area contributed by atoms with Crippen LogP contribution in [0.15, 0.2) is 15.5 Å². The lowest BCUT2D eigenvalue weighted by molar-refractivity contribution is 0.100. The van der Waals surface area contributed by atoms with Crippen LogP contribution in [0.2, 0.25) is 5.02 Å². The maximum Gasteiger partial charge on any atom is 0.265 e. The van der Waals surface area contributed by atoms with E-state index in [1.54, 1.807) is 13.8 Å². The number of hydrogen-bond donors (Lipinski definition) is 2. The number of sulfonamides is 1. The topological polar surface area (TPSA) is 115 Å². The molecule has 0 spiro atoms. The predicted octanol–water partition coefficient (Wildman–Crippen LogP) is 1.91. The van der Waals surface area contributed by atoms with E-state index in [-0.39, 0.29) is 20.7 Å². The highest BCUT2D eigenvalue weighted by atomic mass is 35.5. The van der Waals surface area contributed by atoms with Crippen LogP contribution in [0, 0.1) is 13.8 Å². The van der Waals surface area contributed by atoms with Crippen molar-refractivity contribution in [1.82, 2.24) is 5.16 Å². The predicted molar refractivity (Wildman–Crippen MR) is 74.6 cm³/mol. The van der Waals surface area contributed by atoms with E-state index in [2.05, 4.69) is 9.88 Å². The zero-order chi connectivity index (χ0) is 15.1. The van der Waals surface area contributed by atoms with Gasteiger partial charge in [-0.2, -0.15) is 0 Å². The van der Waals surface area contributed by atoms with Crippen LogP contribution in [0.4, 0.5) is 5.88 Å². The van der Waals surface area contributed by atoms with Crippen LogP contribution in [0.25, 0.3) is 0 Å². The first kappa shape index (κ1) is 14.8. The molecule has 7 nitrogen and oxygen atoms in total. The molecule has 0 saturated carbocycles. The maximum absolute atomic E-state index is 12.2. The maximum atomic E-state index is 12.2. The molecule has 2 rings (SSSR count). The summed E-state index contributed by atoms with van der Waals surface area (Å²) in [7, 11) is -4.04. The molecule has 1 amide bonds. The van der Waals surface area contributed by atoms with Gasteiger partial charge in [-0.05, 0) is 19.9 Å². The van der Waals surface area contributed by atoms with Gasteiger partial charge in [0.25, 0.3) is 21.8 Å². The van der Waals surface area contributed by atoms with Gasteiger partial charge in [0, 0.05) is 4.88 Å². The van der Waals surface area contributed by atoms with Gasteiger partial charge in [0.15, 0.2) is 0 Å². The number of thiophene rings is 1. The summed E-state index contributed by atoms with van der Waals surface area (Å²) >= 11 is 6.83. The first-order valence-corrected chi connectivity index (χ1v) is 7.95. The van der Waals surface area contributed by atoms with E-state index in [1.165, 1.54) is 6.07 Å². The zero-order valence-electron chi connectivity index (χ0n) is 10.4. The van der Waals surface area contributed by atoms with Gasteiger partial charge in [-0.15, -0.1) is 11.3 Å². The normalized spacial score (nSPS) is 11.6. The number of hydrogen-bond acceptors (Lipinski definition) is 6. The van der Waals surface area contributed by atoms with Crippen LogP contribution in [-0.2, 0) is 10.0 Å². The summed E-state index contributed by atoms with van der Waals surface area (Å²) in [6.45, 7) is 3.23. The van der Waals surface area contributed by atoms with E-state index in [9.17, 15) is 13.2 Å². The molecule has 0 bridgehead atoms. The molecule has 20 heavy (non-hydrogen) atoms. The van der Waals surface area contributed by atoms with Gasteiger partial charge in [0.1, 0.15) is 20.5 Å². The van der Waals surface area contributed by atoms with Crippen molar-refractivity contribution in [1.29, 1.82) is 0 Å². The quantitative estimate of drug-likeness (QED) is 0.885. The second kappa shape index (κ2) is 5.08. The van der Waals surface area contributed by atoms with Crippen molar-refractivity contribution < 1.29 is 17.7 Å². The van der Waals surface area contributed by atoms with Crippen molar-refractivity contribution in [2.45, 2.75) is 18.7 Å². The van der Waals surface area contributed by atoms with Crippen molar-refractivity contribution in [2.75, 3.05) is 4.72 Å². The molecule has 0 unspecified atom stereocenters. The van der Waals surface area contributed by atoms with Crippen molar-refractivity contribution >= 4 is 44.8 Å². The summed E-state index contributed by atoms with van der Waals surface area (Å²) in [4.78, 5) is 11.7. The van der Waals surface area contributed by atoms with Crippen LogP contribution >= 0.6 is 22.9 Å². The summed E-state index contributed by atoms with van der Waals surface area (Å²) in [5, 5.41) is 3.59. The molecular formula is C10H10ClN3O4S2. The summed E-state index contributed by atoms with van der Waals surface area (Å²) in [5.74, 6) is -1.02. The highest BCUT2D eigenvalue weighted by Crippen LogP contribution is 2.30. The van der Waals surface area contributed by atoms with Crippen LogP contribution in [0.5, 0.6) is 0 Å². The standard InChI is InChI=1S/C10H10ClN3O4S2/c1-4-3-6(8(19-4)9(12)15)20(16,17)14-10-7(11)5(2)13-18-10/h3,14H,1-2H3,(H2,12,15). The van der Waals surface area contributed by atoms with Gasteiger partial charge < -0.3 is 10.3 Å². The van der Waals surface area contributed by atoms with Crippen molar-refractivity contribution in [3.8, 4) is 0 Å². The Morgan fingerprint density at radius 2 is 2.15 bits per heavy atom. The van der Waals surface area contributed by atoms with Gasteiger partial charge in [-0.3, -0.25) is 4.79 Å². The van der Waals surface area contributed by atoms with E-state index in [1.807, 2.05) is 0 Å². The molecule has 2 aromatic heterocycles. The highest BCUT2D eigenvalue weighted by Gasteiger charge is 2.26. The molecule has 0 fully saturated rings. The largest absolute Gasteiger partial charge is 0.365 e. The number of nitrogens with one attached hydrogen (secondary N) is 1. The minimum absolute atomic E-state index is 0.0534. The van der Waals surface area contributed by atoms with E-state index < -0.39 is 15.9 Å². The Morgan fingerprint density at radius 3 is 2.65 bits per heavy atom. The third-order valence-corrected chi connectivity index (χ3v) is 5.35. The Morgan fingerprint density at radius 1 is 1.50 bits per heavy atom. The number of aryl methyl sites for hydroxylation is 2. The van der Waals surface area contributed by atoms with E-state index in [0.717, 1.165) is 11.3 Å². The molecule has 108 valence electrons. The molecule has 2 aromatic rings. The molecule has 0 aliphatic rings. The number of carbonyl (C=O) groups excluding carboxylic acids is 1. The summed E-state index contributed by atoms with van der Waals surface area (Å²) in [6.07, 6.45) is 0. The third kappa shape index (κ3) is 2.65. The summed E-state index contributed by atoms with van der Waals surface area (Å²) in [5.41, 5.74) is 5.52. The molecular weight excluding hydrogens is 326 g/mol. The fourth-order valence-corrected chi connectivity index (χ4v) is 4.09.